The van der Waals surface area contributed by atoms with Gasteiger partial charge in [0.05, 0.1) is 30.9 Å². The van der Waals surface area contributed by atoms with Crippen molar-refractivity contribution in [2.75, 3.05) is 26.8 Å². The van der Waals surface area contributed by atoms with E-state index in [1.54, 1.807) is 40.2 Å². The maximum absolute atomic E-state index is 13.8. The van der Waals surface area contributed by atoms with Crippen LogP contribution in [0.4, 0.5) is 0 Å². The number of ether oxygens (including phenoxy) is 3. The van der Waals surface area contributed by atoms with Crippen LogP contribution in [0, 0.1) is 0 Å². The van der Waals surface area contributed by atoms with Crippen LogP contribution in [0.15, 0.2) is 79.4 Å². The summed E-state index contributed by atoms with van der Waals surface area (Å²) in [5, 5.41) is 10.1. The van der Waals surface area contributed by atoms with Gasteiger partial charge in [-0.2, -0.15) is 5.10 Å². The normalized spacial score (nSPS) is 18.9. The first-order valence-electron chi connectivity index (χ1n) is 14.3. The number of nitrogens with one attached hydrogen (secondary N) is 2. The Kier molecular flexibility index (Phi) is 8.39. The molecule has 3 aliphatic heterocycles. The van der Waals surface area contributed by atoms with Crippen molar-refractivity contribution in [1.29, 1.82) is 0 Å². The molecule has 226 valence electrons. The second-order valence-corrected chi connectivity index (χ2v) is 10.6. The van der Waals surface area contributed by atoms with Crippen LogP contribution in [0.5, 0.6) is 17.2 Å². The van der Waals surface area contributed by atoms with Crippen molar-refractivity contribution in [2.45, 2.75) is 31.5 Å². The molecule has 1 aromatic heterocycles. The molecule has 4 heterocycles. The number of carbonyl (C=O) groups excluding carboxylic acids is 3. The average Bonchev–Trinajstić information content (AvgIpc) is 3.72. The summed E-state index contributed by atoms with van der Waals surface area (Å²) >= 11 is 0. The largest absolute Gasteiger partial charge is 0.493 e. The second kappa shape index (κ2) is 12.9. The third-order valence-corrected chi connectivity index (χ3v) is 7.63. The van der Waals surface area contributed by atoms with Crippen molar-refractivity contribution >= 4 is 17.7 Å². The Morgan fingerprint density at radius 3 is 2.59 bits per heavy atom. The number of fused-ring (bicyclic) bond motifs is 9. The van der Waals surface area contributed by atoms with Gasteiger partial charge in [-0.25, -0.2) is 9.67 Å². The van der Waals surface area contributed by atoms with Gasteiger partial charge in [-0.3, -0.25) is 14.4 Å². The third kappa shape index (κ3) is 6.48. The van der Waals surface area contributed by atoms with Crippen molar-refractivity contribution in [2.24, 2.45) is 0 Å². The number of benzene rings is 3. The standard InChI is InChI=1S/C32H32N6O6/c1-42-27-12-8-21-9-13-30(39)36-25-16-37(32(41)24-4-2-3-5-26(24)38-20-33-19-35-38)17-29(25)44-23-10-6-22(7-11-23)15-34-31(40)18-43-28(27)14-21/h2-8,10-12,14,19-20,25,29H,9,13,15-18H2,1H3,(H,34,40)(H,36,39)/t25-,29-/m0/s1. The number of carbonyl (C=O) groups is 3. The number of hydrogen-bond donors (Lipinski definition) is 2. The van der Waals surface area contributed by atoms with Gasteiger partial charge in [0.15, 0.2) is 18.1 Å². The molecule has 3 aromatic carbocycles. The molecule has 2 N–H and O–H groups in total. The Labute approximate surface area is 253 Å². The Morgan fingerprint density at radius 1 is 0.977 bits per heavy atom. The van der Waals surface area contributed by atoms with Gasteiger partial charge in [0.1, 0.15) is 24.5 Å². The summed E-state index contributed by atoms with van der Waals surface area (Å²) in [5.41, 5.74) is 2.81. The van der Waals surface area contributed by atoms with Crippen LogP contribution in [-0.2, 0) is 22.6 Å². The van der Waals surface area contributed by atoms with E-state index in [0.29, 0.717) is 41.5 Å². The van der Waals surface area contributed by atoms with Crippen molar-refractivity contribution in [3.05, 3.63) is 96.1 Å². The molecular weight excluding hydrogens is 564 g/mol. The van der Waals surface area contributed by atoms with Gasteiger partial charge in [0.25, 0.3) is 11.8 Å². The zero-order valence-electron chi connectivity index (χ0n) is 24.1. The number of hydrogen-bond acceptors (Lipinski definition) is 8. The lowest BCUT2D eigenvalue weighted by Gasteiger charge is -2.21. The zero-order valence-corrected chi connectivity index (χ0v) is 24.1. The van der Waals surface area contributed by atoms with Crippen molar-refractivity contribution < 1.29 is 28.6 Å². The van der Waals surface area contributed by atoms with E-state index in [-0.39, 0.29) is 43.8 Å². The quantitative estimate of drug-likeness (QED) is 0.368. The van der Waals surface area contributed by atoms with E-state index < -0.39 is 12.1 Å². The van der Waals surface area contributed by atoms with Crippen molar-refractivity contribution in [3.63, 3.8) is 0 Å². The fraction of sp³-hybridized carbons (Fsp3) is 0.281. The molecule has 44 heavy (non-hydrogen) atoms. The molecule has 0 unspecified atom stereocenters. The molecule has 3 amide bonds. The molecule has 0 spiro atoms. The lowest BCUT2D eigenvalue weighted by Crippen LogP contribution is -2.45. The van der Waals surface area contributed by atoms with Crippen LogP contribution < -0.4 is 24.8 Å². The number of methoxy groups -OCH3 is 1. The maximum Gasteiger partial charge on any atom is 0.258 e. The minimum atomic E-state index is -0.491. The average molecular weight is 597 g/mol. The number of nitrogens with zero attached hydrogens (tertiary/aromatic N) is 4. The summed E-state index contributed by atoms with van der Waals surface area (Å²) in [7, 11) is 1.53. The molecule has 12 heteroatoms. The molecule has 0 saturated carbocycles. The summed E-state index contributed by atoms with van der Waals surface area (Å²) in [6, 6.07) is 19.5. The SMILES string of the molecule is COc1ccc2cc1OCC(=O)NCc1ccc(cc1)O[C@H]1CN(C(=O)c3ccccc3-n3cncn3)C[C@@H]1NC(=O)CC2. The van der Waals surface area contributed by atoms with E-state index in [0.717, 1.165) is 11.1 Å². The number of aromatic nitrogens is 3. The fourth-order valence-corrected chi connectivity index (χ4v) is 5.34. The topological polar surface area (TPSA) is 137 Å². The lowest BCUT2D eigenvalue weighted by atomic mass is 10.1. The molecular formula is C32H32N6O6. The van der Waals surface area contributed by atoms with Crippen LogP contribution in [0.2, 0.25) is 0 Å². The molecule has 2 atom stereocenters. The highest BCUT2D eigenvalue weighted by Crippen LogP contribution is 2.29. The van der Waals surface area contributed by atoms with Crippen LogP contribution in [0.25, 0.3) is 5.69 Å². The fourth-order valence-electron chi connectivity index (χ4n) is 5.34. The van der Waals surface area contributed by atoms with Gasteiger partial charge >= 0.3 is 0 Å². The van der Waals surface area contributed by atoms with Gasteiger partial charge in [0, 0.05) is 19.5 Å². The first kappa shape index (κ1) is 28.7. The molecule has 4 bridgehead atoms. The highest BCUT2D eigenvalue weighted by molar-refractivity contribution is 5.98. The Morgan fingerprint density at radius 2 is 1.80 bits per heavy atom. The summed E-state index contributed by atoms with van der Waals surface area (Å²) in [6.45, 7) is 0.677. The number of likely N-dealkylation sites (tertiary alicyclic amines) is 1. The lowest BCUT2D eigenvalue weighted by molar-refractivity contribution is -0.123. The van der Waals surface area contributed by atoms with Gasteiger partial charge in [0.2, 0.25) is 5.91 Å². The molecule has 4 aromatic rings. The van der Waals surface area contributed by atoms with Crippen LogP contribution >= 0.6 is 0 Å². The number of rotatable bonds is 3. The third-order valence-electron chi connectivity index (χ3n) is 7.63. The van der Waals surface area contributed by atoms with E-state index in [2.05, 4.69) is 20.7 Å². The minimum Gasteiger partial charge on any atom is -0.493 e. The van der Waals surface area contributed by atoms with Crippen LogP contribution in [-0.4, -0.2) is 76.3 Å². The van der Waals surface area contributed by atoms with Gasteiger partial charge in [-0.1, -0.05) is 30.3 Å². The zero-order chi connectivity index (χ0) is 30.5. The second-order valence-electron chi connectivity index (χ2n) is 10.6. The first-order valence-corrected chi connectivity index (χ1v) is 14.3. The van der Waals surface area contributed by atoms with Crippen LogP contribution in [0.3, 0.4) is 0 Å². The first-order chi connectivity index (χ1) is 21.5. The van der Waals surface area contributed by atoms with E-state index in [9.17, 15) is 14.4 Å². The Bertz CT molecular complexity index is 1640. The highest BCUT2D eigenvalue weighted by atomic mass is 16.5. The maximum atomic E-state index is 13.8. The van der Waals surface area contributed by atoms with Gasteiger partial charge < -0.3 is 29.7 Å². The molecule has 3 aliphatic rings. The molecule has 0 radical (unpaired) electrons. The van der Waals surface area contributed by atoms with E-state index >= 15 is 0 Å². The van der Waals surface area contributed by atoms with E-state index in [1.165, 1.54) is 13.4 Å². The molecule has 1 saturated heterocycles. The summed E-state index contributed by atoms with van der Waals surface area (Å²) < 4.78 is 19.1. The smallest absolute Gasteiger partial charge is 0.258 e. The monoisotopic (exact) mass is 596 g/mol. The Hall–Kier alpha value is -5.39. The molecule has 1 fully saturated rings. The van der Waals surface area contributed by atoms with Crippen molar-refractivity contribution in [3.8, 4) is 22.9 Å². The Balaban J connectivity index is 1.25. The summed E-state index contributed by atoms with van der Waals surface area (Å²) in [6.07, 6.45) is 3.10. The van der Waals surface area contributed by atoms with Gasteiger partial charge in [-0.05, 0) is 53.9 Å². The van der Waals surface area contributed by atoms with Crippen molar-refractivity contribution in [1.82, 2.24) is 30.3 Å². The molecule has 7 rings (SSSR count). The van der Waals surface area contributed by atoms with E-state index in [1.807, 2.05) is 42.5 Å². The van der Waals surface area contributed by atoms with E-state index in [4.69, 9.17) is 14.2 Å². The number of aryl methyl sites for hydroxylation is 1. The molecule has 0 aliphatic carbocycles. The predicted octanol–water partition coefficient (Wildman–Crippen LogP) is 2.31. The summed E-state index contributed by atoms with van der Waals surface area (Å²) in [5.74, 6) is 0.852. The number of para-hydroxylation sites is 1. The highest BCUT2D eigenvalue weighted by Gasteiger charge is 2.38. The molecule has 12 nitrogen and oxygen atoms in total. The van der Waals surface area contributed by atoms with Crippen LogP contribution in [0.1, 0.15) is 27.9 Å². The minimum absolute atomic E-state index is 0.174. The van der Waals surface area contributed by atoms with Gasteiger partial charge in [-0.15, -0.1) is 0 Å². The summed E-state index contributed by atoms with van der Waals surface area (Å²) in [4.78, 5) is 45.2. The number of amides is 3. The predicted molar refractivity (Wildman–Crippen MR) is 159 cm³/mol.